The number of unbranched alkanes of at least 4 members (excludes halogenated alkanes) is 5. The van der Waals surface area contributed by atoms with Crippen molar-refractivity contribution in [1.29, 1.82) is 0 Å². The zero-order valence-electron chi connectivity index (χ0n) is 25.4. The number of hydrogen-bond donors (Lipinski definition) is 1. The summed E-state index contributed by atoms with van der Waals surface area (Å²) < 4.78 is 14.0. The third-order valence-electron chi connectivity index (χ3n) is 8.19. The van der Waals surface area contributed by atoms with Gasteiger partial charge in [-0.25, -0.2) is 4.79 Å². The number of aromatic carboxylic acids is 1. The van der Waals surface area contributed by atoms with E-state index in [1.165, 1.54) is 22.6 Å². The van der Waals surface area contributed by atoms with Crippen LogP contribution in [0.4, 0.5) is 5.69 Å². The maximum Gasteiger partial charge on any atom is 0.337 e. The van der Waals surface area contributed by atoms with E-state index in [2.05, 4.69) is 81.4 Å². The van der Waals surface area contributed by atoms with E-state index in [-0.39, 0.29) is 16.2 Å². The van der Waals surface area contributed by atoms with Crippen LogP contribution in [0.25, 0.3) is 0 Å². The number of carboxylic acid groups (broad SMARTS) is 1. The summed E-state index contributed by atoms with van der Waals surface area (Å²) in [5.74, 6) is -1.02. The van der Waals surface area contributed by atoms with Crippen LogP contribution in [0.2, 0.25) is 5.04 Å². The topological polar surface area (TPSA) is 81.0 Å². The number of aromatic nitrogens is 1. The number of benzene rings is 2. The highest BCUT2D eigenvalue weighted by Crippen LogP contribution is 2.36. The summed E-state index contributed by atoms with van der Waals surface area (Å²) in [6.07, 6.45) is 7.59. The Bertz CT molecular complexity index is 1290. The molecule has 4 rings (SSSR count). The van der Waals surface area contributed by atoms with Crippen LogP contribution in [-0.4, -0.2) is 56.9 Å². The summed E-state index contributed by atoms with van der Waals surface area (Å²) >= 11 is 0. The molecule has 2 heterocycles. The van der Waals surface area contributed by atoms with Crippen LogP contribution in [-0.2, 0) is 15.7 Å². The Morgan fingerprint density at radius 1 is 0.881 bits per heavy atom. The van der Waals surface area contributed by atoms with Gasteiger partial charge in [0.15, 0.2) is 0 Å². The van der Waals surface area contributed by atoms with Crippen LogP contribution >= 0.6 is 0 Å². The number of hydrogen-bond acceptors (Lipinski definition) is 5. The molecule has 0 bridgehead atoms. The minimum Gasteiger partial charge on any atom is -0.478 e. The van der Waals surface area contributed by atoms with E-state index in [1.807, 2.05) is 4.90 Å². The molecule has 0 atom stereocenters. The quantitative estimate of drug-likeness (QED) is 0.203. The Hall–Kier alpha value is -3.20. The molecule has 0 saturated carbocycles. The molecular formula is C34H46N2O5Si. The van der Waals surface area contributed by atoms with Crippen molar-refractivity contribution in [2.24, 2.45) is 0 Å². The van der Waals surface area contributed by atoms with Gasteiger partial charge in [-0.1, -0.05) is 107 Å². The van der Waals surface area contributed by atoms with Gasteiger partial charge in [-0.2, -0.15) is 0 Å². The first-order chi connectivity index (χ1) is 20.2. The molecule has 42 heavy (non-hydrogen) atoms. The van der Waals surface area contributed by atoms with Gasteiger partial charge in [0.05, 0.1) is 18.8 Å². The van der Waals surface area contributed by atoms with Gasteiger partial charge >= 0.3 is 5.97 Å². The Balaban J connectivity index is 1.28. The third-order valence-corrected chi connectivity index (χ3v) is 13.2. The Labute approximate surface area is 251 Å². The standard InChI is InChI=1S/C34H46N2O5Si/c1-34(2,3)42(29-16-10-8-11-17-29,30-18-12-9-13-19-30)41-23-15-7-5-4-6-14-20-36-27-28(33(38)39)26-31(32(36)37)35-21-24-40-25-22-35/h8-13,16-19,26-27H,4-7,14-15,20-25H2,1-3H3,(H,38,39). The maximum atomic E-state index is 13.1. The molecule has 0 unspecified atom stereocenters. The Kier molecular flexibility index (Phi) is 11.2. The summed E-state index contributed by atoms with van der Waals surface area (Å²) in [4.78, 5) is 26.8. The molecule has 1 aliphatic heterocycles. The van der Waals surface area contributed by atoms with Crippen molar-refractivity contribution in [2.45, 2.75) is 70.9 Å². The summed E-state index contributed by atoms with van der Waals surface area (Å²) in [7, 11) is -2.49. The minimum atomic E-state index is -2.49. The summed E-state index contributed by atoms with van der Waals surface area (Å²) in [6.45, 7) is 10.4. The number of morpholine rings is 1. The largest absolute Gasteiger partial charge is 0.478 e. The molecular weight excluding hydrogens is 544 g/mol. The van der Waals surface area contributed by atoms with Gasteiger partial charge in [0.2, 0.25) is 0 Å². The predicted octanol–water partition coefficient (Wildman–Crippen LogP) is 5.30. The van der Waals surface area contributed by atoms with Gasteiger partial charge in [0, 0.05) is 32.4 Å². The fraction of sp³-hybridized carbons (Fsp3) is 0.471. The fourth-order valence-corrected chi connectivity index (χ4v) is 10.6. The number of aryl methyl sites for hydroxylation is 1. The zero-order chi connectivity index (χ0) is 30.0. The van der Waals surface area contributed by atoms with Crippen molar-refractivity contribution in [3.63, 3.8) is 0 Å². The highest BCUT2D eigenvalue weighted by molar-refractivity contribution is 6.99. The zero-order valence-corrected chi connectivity index (χ0v) is 26.4. The van der Waals surface area contributed by atoms with Crippen LogP contribution in [0.15, 0.2) is 77.7 Å². The van der Waals surface area contributed by atoms with E-state index < -0.39 is 14.3 Å². The second-order valence-electron chi connectivity index (χ2n) is 12.2. The predicted molar refractivity (Wildman–Crippen MR) is 172 cm³/mol. The smallest absolute Gasteiger partial charge is 0.337 e. The fourth-order valence-electron chi connectivity index (χ4n) is 6.01. The molecule has 8 heteroatoms. The highest BCUT2D eigenvalue weighted by atomic mass is 28.4. The molecule has 1 aromatic heterocycles. The third kappa shape index (κ3) is 7.59. The molecule has 1 N–H and O–H groups in total. The number of carbonyl (C=O) groups is 1. The highest BCUT2D eigenvalue weighted by Gasteiger charge is 2.49. The van der Waals surface area contributed by atoms with Gasteiger partial charge in [0.25, 0.3) is 13.9 Å². The Morgan fingerprint density at radius 2 is 1.43 bits per heavy atom. The maximum absolute atomic E-state index is 13.1. The van der Waals surface area contributed by atoms with E-state index in [4.69, 9.17) is 9.16 Å². The molecule has 0 radical (unpaired) electrons. The van der Waals surface area contributed by atoms with Crippen molar-refractivity contribution in [1.82, 2.24) is 4.57 Å². The van der Waals surface area contributed by atoms with Crippen molar-refractivity contribution in [2.75, 3.05) is 37.8 Å². The van der Waals surface area contributed by atoms with Crippen LogP contribution in [0.3, 0.4) is 0 Å². The van der Waals surface area contributed by atoms with Crippen LogP contribution < -0.4 is 20.8 Å². The van der Waals surface area contributed by atoms with E-state index in [1.54, 1.807) is 4.57 Å². The lowest BCUT2D eigenvalue weighted by Gasteiger charge is -2.43. The minimum absolute atomic E-state index is 0.0205. The molecule has 0 aliphatic carbocycles. The number of pyridine rings is 1. The number of carboxylic acids is 1. The summed E-state index contributed by atoms with van der Waals surface area (Å²) in [5.41, 5.74) is 0.485. The van der Waals surface area contributed by atoms with Crippen molar-refractivity contribution in [3.05, 3.63) is 88.8 Å². The van der Waals surface area contributed by atoms with Gasteiger partial charge in [-0.15, -0.1) is 0 Å². The monoisotopic (exact) mass is 590 g/mol. The van der Waals surface area contributed by atoms with Crippen molar-refractivity contribution >= 4 is 30.3 Å². The number of nitrogens with zero attached hydrogens (tertiary/aromatic N) is 2. The average molecular weight is 591 g/mol. The molecule has 3 aromatic rings. The van der Waals surface area contributed by atoms with Crippen molar-refractivity contribution in [3.8, 4) is 0 Å². The second kappa shape index (κ2) is 14.8. The van der Waals surface area contributed by atoms with E-state index in [9.17, 15) is 14.7 Å². The Morgan fingerprint density at radius 3 is 1.98 bits per heavy atom. The van der Waals surface area contributed by atoms with Gasteiger partial charge in [-0.05, 0) is 34.3 Å². The van der Waals surface area contributed by atoms with E-state index in [0.717, 1.165) is 45.1 Å². The molecule has 1 aliphatic rings. The van der Waals surface area contributed by atoms with E-state index >= 15 is 0 Å². The molecule has 2 aromatic carbocycles. The molecule has 226 valence electrons. The lowest BCUT2D eigenvalue weighted by atomic mass is 10.1. The van der Waals surface area contributed by atoms with Crippen LogP contribution in [0, 0.1) is 0 Å². The first-order valence-electron chi connectivity index (χ1n) is 15.3. The molecule has 0 spiro atoms. The van der Waals surface area contributed by atoms with E-state index in [0.29, 0.717) is 38.5 Å². The first kappa shape index (κ1) is 31.7. The van der Waals surface area contributed by atoms with Gasteiger partial charge in [-0.3, -0.25) is 4.79 Å². The second-order valence-corrected chi connectivity index (χ2v) is 16.5. The van der Waals surface area contributed by atoms with Crippen molar-refractivity contribution < 1.29 is 19.1 Å². The normalized spacial score (nSPS) is 14.2. The lowest BCUT2D eigenvalue weighted by molar-refractivity contribution is 0.0695. The number of ether oxygens (including phenoxy) is 1. The van der Waals surface area contributed by atoms with Crippen LogP contribution in [0.5, 0.6) is 0 Å². The van der Waals surface area contributed by atoms with Gasteiger partial charge < -0.3 is 23.7 Å². The first-order valence-corrected chi connectivity index (χ1v) is 17.2. The molecule has 7 nitrogen and oxygen atoms in total. The van der Waals surface area contributed by atoms with Crippen LogP contribution in [0.1, 0.15) is 69.7 Å². The number of anilines is 1. The van der Waals surface area contributed by atoms with Gasteiger partial charge in [0.1, 0.15) is 5.69 Å². The molecule has 0 amide bonds. The summed E-state index contributed by atoms with van der Waals surface area (Å²) in [5, 5.41) is 12.2. The SMILES string of the molecule is CC(C)(C)[Si](OCCCCCCCCn1cc(C(=O)O)cc(N2CCOCC2)c1=O)(c1ccccc1)c1ccccc1. The number of rotatable bonds is 14. The average Bonchev–Trinajstić information content (AvgIpc) is 2.99. The molecule has 1 saturated heterocycles. The summed E-state index contributed by atoms with van der Waals surface area (Å²) in [6, 6.07) is 23.0. The molecule has 1 fully saturated rings. The lowest BCUT2D eigenvalue weighted by Crippen LogP contribution is -2.66.